The van der Waals surface area contributed by atoms with Crippen LogP contribution in [0.15, 0.2) is 36.4 Å². The molecule has 1 aliphatic rings. The predicted octanol–water partition coefficient (Wildman–Crippen LogP) is 0.152. The Morgan fingerprint density at radius 3 is 2.17 bits per heavy atom. The van der Waals surface area contributed by atoms with Gasteiger partial charge in [0, 0.05) is 17.7 Å². The van der Waals surface area contributed by atoms with Gasteiger partial charge < -0.3 is 45.2 Å². The molecule has 0 unspecified atom stereocenters. The van der Waals surface area contributed by atoms with E-state index in [9.17, 15) is 35.7 Å². The number of ether oxygens (including phenoxy) is 2. The topological polar surface area (TPSA) is 160 Å². The number of aromatic hydroxyl groups is 3. The van der Waals surface area contributed by atoms with E-state index < -0.39 is 37.3 Å². The Labute approximate surface area is 165 Å². The van der Waals surface area contributed by atoms with Crippen molar-refractivity contribution in [1.82, 2.24) is 0 Å². The molecule has 2 aromatic carbocycles. The molecule has 1 heterocycles. The lowest BCUT2D eigenvalue weighted by Gasteiger charge is -2.39. The molecule has 1 aliphatic heterocycles. The number of aliphatic hydroxyl groups is 4. The van der Waals surface area contributed by atoms with E-state index in [1.165, 1.54) is 36.4 Å². The van der Waals surface area contributed by atoms with Crippen LogP contribution in [0.5, 0.6) is 23.0 Å². The van der Waals surface area contributed by atoms with Crippen LogP contribution in [0, 0.1) is 0 Å². The summed E-state index contributed by atoms with van der Waals surface area (Å²) in [4.78, 5) is 0. The number of phenols is 3. The van der Waals surface area contributed by atoms with Gasteiger partial charge in [0.2, 0.25) is 6.29 Å². The maximum absolute atomic E-state index is 10.1. The maximum atomic E-state index is 10.1. The first-order valence-electron chi connectivity index (χ1n) is 8.80. The Bertz CT molecular complexity index is 860. The fourth-order valence-electron chi connectivity index (χ4n) is 2.95. The van der Waals surface area contributed by atoms with E-state index in [4.69, 9.17) is 9.47 Å². The highest BCUT2D eigenvalue weighted by Crippen LogP contribution is 2.31. The lowest BCUT2D eigenvalue weighted by molar-refractivity contribution is -0.277. The van der Waals surface area contributed by atoms with Crippen molar-refractivity contribution in [1.29, 1.82) is 0 Å². The van der Waals surface area contributed by atoms with Gasteiger partial charge in [0.25, 0.3) is 0 Å². The van der Waals surface area contributed by atoms with Crippen LogP contribution in [0.3, 0.4) is 0 Å². The van der Waals surface area contributed by atoms with Crippen molar-refractivity contribution in [2.45, 2.75) is 30.7 Å². The molecule has 0 aromatic heterocycles. The van der Waals surface area contributed by atoms with Crippen LogP contribution in [0.2, 0.25) is 0 Å². The molecule has 7 N–H and O–H groups in total. The molecule has 5 atom stereocenters. The third-order valence-electron chi connectivity index (χ3n) is 4.47. The van der Waals surface area contributed by atoms with Gasteiger partial charge in [-0.2, -0.15) is 0 Å². The van der Waals surface area contributed by atoms with Crippen molar-refractivity contribution in [3.05, 3.63) is 47.5 Å². The Hall–Kier alpha value is -2.82. The van der Waals surface area contributed by atoms with Gasteiger partial charge >= 0.3 is 0 Å². The van der Waals surface area contributed by atoms with E-state index in [1.807, 2.05) is 0 Å². The van der Waals surface area contributed by atoms with E-state index in [0.717, 1.165) is 0 Å². The molecular weight excluding hydrogens is 384 g/mol. The molecule has 2 aromatic rings. The molecule has 29 heavy (non-hydrogen) atoms. The Morgan fingerprint density at radius 1 is 0.828 bits per heavy atom. The summed E-state index contributed by atoms with van der Waals surface area (Å²) in [6.45, 7) is -0.599. The minimum absolute atomic E-state index is 0.0926. The highest BCUT2D eigenvalue weighted by atomic mass is 16.7. The number of hydrogen-bond acceptors (Lipinski definition) is 9. The zero-order valence-electron chi connectivity index (χ0n) is 15.2. The molecule has 0 radical (unpaired) electrons. The molecule has 9 heteroatoms. The Morgan fingerprint density at radius 2 is 1.52 bits per heavy atom. The average molecular weight is 406 g/mol. The standard InChI is InChI=1S/C20H22O9/c21-9-16-17(25)18(26)19(27)20(29-16)28-15-8-12(22)4-3-11(15)2-1-10-5-13(23)7-14(24)6-10/h1-8,16-27H,9H2/b2-1+/t16-,17+,18+,19+,20-/m1/s1. The Kier molecular flexibility index (Phi) is 6.26. The third kappa shape index (κ3) is 4.78. The molecule has 0 amide bonds. The van der Waals surface area contributed by atoms with Crippen molar-refractivity contribution >= 4 is 12.2 Å². The average Bonchev–Trinajstić information content (AvgIpc) is 2.67. The second kappa shape index (κ2) is 8.68. The van der Waals surface area contributed by atoms with Crippen LogP contribution in [-0.2, 0) is 4.74 Å². The molecule has 0 saturated carbocycles. The summed E-state index contributed by atoms with van der Waals surface area (Å²) >= 11 is 0. The van der Waals surface area contributed by atoms with Crippen molar-refractivity contribution < 1.29 is 45.2 Å². The monoisotopic (exact) mass is 406 g/mol. The van der Waals surface area contributed by atoms with Crippen LogP contribution in [0.25, 0.3) is 12.2 Å². The molecular formula is C20H22O9. The number of phenolic OH excluding ortho intramolecular Hbond substituents is 3. The first-order chi connectivity index (χ1) is 13.8. The Balaban J connectivity index is 1.86. The third-order valence-corrected chi connectivity index (χ3v) is 4.47. The normalized spacial score (nSPS) is 27.2. The van der Waals surface area contributed by atoms with Crippen LogP contribution in [0.4, 0.5) is 0 Å². The van der Waals surface area contributed by atoms with E-state index >= 15 is 0 Å². The molecule has 9 nitrogen and oxygen atoms in total. The SMILES string of the molecule is OC[C@H]1O[C@@H](Oc2cc(O)ccc2/C=C/c2cc(O)cc(O)c2)[C@@H](O)[C@@H](O)[C@H]1O. The maximum Gasteiger partial charge on any atom is 0.229 e. The van der Waals surface area contributed by atoms with Gasteiger partial charge in [0.15, 0.2) is 0 Å². The largest absolute Gasteiger partial charge is 0.508 e. The minimum atomic E-state index is -1.60. The fraction of sp³-hybridized carbons (Fsp3) is 0.300. The molecule has 3 rings (SSSR count). The first kappa shape index (κ1) is 20.9. The summed E-state index contributed by atoms with van der Waals surface area (Å²) in [6.07, 6.45) is -4.11. The smallest absolute Gasteiger partial charge is 0.229 e. The van der Waals surface area contributed by atoms with Gasteiger partial charge in [-0.25, -0.2) is 0 Å². The predicted molar refractivity (Wildman–Crippen MR) is 101 cm³/mol. The highest BCUT2D eigenvalue weighted by Gasteiger charge is 2.44. The molecule has 1 fully saturated rings. The van der Waals surface area contributed by atoms with Gasteiger partial charge in [-0.3, -0.25) is 0 Å². The molecule has 0 bridgehead atoms. The summed E-state index contributed by atoms with van der Waals surface area (Å²) in [5.74, 6) is -0.270. The van der Waals surface area contributed by atoms with E-state index in [0.29, 0.717) is 11.1 Å². The van der Waals surface area contributed by atoms with Crippen molar-refractivity contribution in [3.8, 4) is 23.0 Å². The van der Waals surface area contributed by atoms with Crippen LogP contribution in [-0.4, -0.2) is 73.1 Å². The van der Waals surface area contributed by atoms with Gasteiger partial charge in [0.05, 0.1) is 6.61 Å². The van der Waals surface area contributed by atoms with Gasteiger partial charge in [-0.1, -0.05) is 12.2 Å². The quantitative estimate of drug-likeness (QED) is 0.343. The fourth-order valence-corrected chi connectivity index (χ4v) is 2.95. The van der Waals surface area contributed by atoms with Gasteiger partial charge in [-0.05, 0) is 29.8 Å². The van der Waals surface area contributed by atoms with Crippen LogP contribution < -0.4 is 4.74 Å². The summed E-state index contributed by atoms with van der Waals surface area (Å²) in [5.41, 5.74) is 0.942. The first-order valence-corrected chi connectivity index (χ1v) is 8.80. The van der Waals surface area contributed by atoms with Crippen molar-refractivity contribution in [2.75, 3.05) is 6.61 Å². The zero-order valence-corrected chi connectivity index (χ0v) is 15.2. The summed E-state index contributed by atoms with van der Waals surface area (Å²) in [6, 6.07) is 8.23. The minimum Gasteiger partial charge on any atom is -0.508 e. The summed E-state index contributed by atoms with van der Waals surface area (Å²) < 4.78 is 10.9. The molecule has 0 spiro atoms. The van der Waals surface area contributed by atoms with E-state index in [-0.39, 0.29) is 23.0 Å². The number of rotatable bonds is 5. The summed E-state index contributed by atoms with van der Waals surface area (Å²) in [5, 5.41) is 68.1. The summed E-state index contributed by atoms with van der Waals surface area (Å²) in [7, 11) is 0. The lowest BCUT2D eigenvalue weighted by atomic mass is 9.99. The number of aliphatic hydroxyl groups excluding tert-OH is 4. The van der Waals surface area contributed by atoms with E-state index in [2.05, 4.69) is 0 Å². The molecule has 156 valence electrons. The van der Waals surface area contributed by atoms with Gasteiger partial charge in [-0.15, -0.1) is 0 Å². The zero-order chi connectivity index (χ0) is 21.1. The van der Waals surface area contributed by atoms with Crippen molar-refractivity contribution in [3.63, 3.8) is 0 Å². The molecule has 0 aliphatic carbocycles. The van der Waals surface area contributed by atoms with Crippen LogP contribution in [0.1, 0.15) is 11.1 Å². The van der Waals surface area contributed by atoms with E-state index in [1.54, 1.807) is 12.2 Å². The molecule has 1 saturated heterocycles. The second-order valence-electron chi connectivity index (χ2n) is 6.65. The van der Waals surface area contributed by atoms with Crippen LogP contribution >= 0.6 is 0 Å². The number of benzene rings is 2. The highest BCUT2D eigenvalue weighted by molar-refractivity contribution is 5.74. The lowest BCUT2D eigenvalue weighted by Crippen LogP contribution is -2.60. The second-order valence-corrected chi connectivity index (χ2v) is 6.65. The number of hydrogen-bond donors (Lipinski definition) is 7. The van der Waals surface area contributed by atoms with Crippen molar-refractivity contribution in [2.24, 2.45) is 0 Å². The van der Waals surface area contributed by atoms with Gasteiger partial charge in [0.1, 0.15) is 47.4 Å².